The average Bonchev–Trinajstić information content (AvgIpc) is 2.38. The Hall–Kier alpha value is -1.83. The van der Waals surface area contributed by atoms with Gasteiger partial charge in [-0.05, 0) is 55.8 Å². The number of aromatic carboxylic acids is 1. The molecule has 1 atom stereocenters. The maximum atomic E-state index is 13.4. The Morgan fingerprint density at radius 2 is 2.00 bits per heavy atom. The lowest BCUT2D eigenvalue weighted by Gasteiger charge is -2.21. The maximum absolute atomic E-state index is 13.4. The fourth-order valence-corrected chi connectivity index (χ4v) is 1.92. The summed E-state index contributed by atoms with van der Waals surface area (Å²) < 4.78 is 24.1. The van der Waals surface area contributed by atoms with E-state index in [-0.39, 0.29) is 22.3 Å². The van der Waals surface area contributed by atoms with Crippen LogP contribution in [0.5, 0.6) is 5.75 Å². The molecule has 1 amide bonds. The van der Waals surface area contributed by atoms with E-state index in [1.807, 2.05) is 0 Å². The van der Waals surface area contributed by atoms with Crippen molar-refractivity contribution in [3.8, 4) is 5.75 Å². The number of carboxylic acid groups (broad SMARTS) is 1. The summed E-state index contributed by atoms with van der Waals surface area (Å²) in [5.74, 6) is -2.00. The number of carboxylic acids is 1. The van der Waals surface area contributed by atoms with Crippen molar-refractivity contribution in [1.29, 1.82) is 0 Å². The van der Waals surface area contributed by atoms with Crippen LogP contribution in [-0.2, 0) is 4.74 Å². The summed E-state index contributed by atoms with van der Waals surface area (Å²) >= 11 is 2.98. The molecule has 0 spiro atoms. The Bertz CT molecular complexity index is 600. The van der Waals surface area contributed by atoms with Crippen molar-refractivity contribution < 1.29 is 28.6 Å². The number of ether oxygens (including phenoxy) is 2. The predicted molar refractivity (Wildman–Crippen MR) is 85.4 cm³/mol. The number of carbonyl (C=O) groups excluding carboxylic acids is 1. The minimum absolute atomic E-state index is 0.00395. The highest BCUT2D eigenvalue weighted by Crippen LogP contribution is 2.27. The maximum Gasteiger partial charge on any atom is 0.407 e. The van der Waals surface area contributed by atoms with Crippen LogP contribution >= 0.6 is 15.9 Å². The topological polar surface area (TPSA) is 84.9 Å². The zero-order valence-corrected chi connectivity index (χ0v) is 14.9. The zero-order valence-electron chi connectivity index (χ0n) is 13.3. The lowest BCUT2D eigenvalue weighted by molar-refractivity contribution is 0.0502. The second-order valence-electron chi connectivity index (χ2n) is 5.88. The number of carbonyl (C=O) groups is 2. The number of amides is 1. The highest BCUT2D eigenvalue weighted by molar-refractivity contribution is 9.10. The molecule has 128 valence electrons. The minimum atomic E-state index is -1.31. The van der Waals surface area contributed by atoms with Crippen LogP contribution < -0.4 is 10.1 Å². The smallest absolute Gasteiger partial charge is 0.407 e. The summed E-state index contributed by atoms with van der Waals surface area (Å²) in [6, 6.07) is 2.11. The molecule has 0 saturated heterocycles. The highest BCUT2D eigenvalue weighted by atomic mass is 79.9. The van der Waals surface area contributed by atoms with Crippen LogP contribution in [0.1, 0.15) is 38.1 Å². The third kappa shape index (κ3) is 6.43. The normalized spacial score (nSPS) is 12.4. The van der Waals surface area contributed by atoms with Crippen molar-refractivity contribution in [2.45, 2.75) is 39.4 Å². The Balaban J connectivity index is 2.71. The molecule has 1 unspecified atom stereocenters. The first-order valence-electron chi connectivity index (χ1n) is 6.85. The van der Waals surface area contributed by atoms with Gasteiger partial charge in [-0.3, -0.25) is 0 Å². The molecular weight excluding hydrogens is 373 g/mol. The van der Waals surface area contributed by atoms with Crippen molar-refractivity contribution in [2.24, 2.45) is 0 Å². The summed E-state index contributed by atoms with van der Waals surface area (Å²) in [7, 11) is 0. The largest absolute Gasteiger partial charge is 0.488 e. The van der Waals surface area contributed by atoms with E-state index >= 15 is 0 Å². The molecule has 0 fully saturated rings. The summed E-state index contributed by atoms with van der Waals surface area (Å²) in [4.78, 5) is 22.7. The van der Waals surface area contributed by atoms with Crippen molar-refractivity contribution in [2.75, 3.05) is 6.54 Å². The first kappa shape index (κ1) is 19.2. The molecule has 2 N–H and O–H groups in total. The summed E-state index contributed by atoms with van der Waals surface area (Å²) in [5.41, 5.74) is -0.915. The lowest BCUT2D eigenvalue weighted by Crippen LogP contribution is -2.37. The van der Waals surface area contributed by atoms with Gasteiger partial charge in [0.2, 0.25) is 0 Å². The molecule has 8 heteroatoms. The number of benzene rings is 1. The third-order valence-corrected chi connectivity index (χ3v) is 3.12. The van der Waals surface area contributed by atoms with Crippen molar-refractivity contribution in [3.63, 3.8) is 0 Å². The number of alkyl carbamates (subject to hydrolysis) is 1. The van der Waals surface area contributed by atoms with Crippen LogP contribution in [0.4, 0.5) is 9.18 Å². The summed E-state index contributed by atoms with van der Waals surface area (Å²) in [6.07, 6.45) is -1.15. The van der Waals surface area contributed by atoms with Crippen molar-refractivity contribution in [1.82, 2.24) is 5.32 Å². The molecule has 0 aliphatic rings. The Morgan fingerprint density at radius 1 is 1.39 bits per heavy atom. The standard InChI is InChI=1S/C15H19BrFNO5/c1-8(7-18-14(21)23-15(2,3)4)22-12-6-10(16)11(17)5-9(12)13(19)20/h5-6,8H,7H2,1-4H3,(H,18,21)(H,19,20). The second-order valence-corrected chi connectivity index (χ2v) is 6.73. The van der Waals surface area contributed by atoms with Gasteiger partial charge in [-0.25, -0.2) is 14.0 Å². The Kier molecular flexibility index (Phi) is 6.37. The molecule has 1 aromatic carbocycles. The molecule has 0 bridgehead atoms. The molecule has 0 aliphatic heterocycles. The van der Waals surface area contributed by atoms with E-state index in [9.17, 15) is 14.0 Å². The number of halogens is 2. The Morgan fingerprint density at radius 3 is 2.52 bits per heavy atom. The van der Waals surface area contributed by atoms with Gasteiger partial charge in [0, 0.05) is 0 Å². The molecular formula is C15H19BrFNO5. The van der Waals surface area contributed by atoms with Crippen molar-refractivity contribution >= 4 is 28.0 Å². The summed E-state index contributed by atoms with van der Waals surface area (Å²) in [5, 5.41) is 11.6. The number of hydrogen-bond acceptors (Lipinski definition) is 4. The van der Waals surface area contributed by atoms with Gasteiger partial charge in [0.25, 0.3) is 0 Å². The molecule has 0 aliphatic carbocycles. The number of rotatable bonds is 5. The third-order valence-electron chi connectivity index (χ3n) is 2.51. The van der Waals surface area contributed by atoms with E-state index in [2.05, 4.69) is 21.2 Å². The first-order chi connectivity index (χ1) is 10.5. The zero-order chi connectivity index (χ0) is 17.8. The van der Waals surface area contributed by atoms with E-state index < -0.39 is 29.6 Å². The minimum Gasteiger partial charge on any atom is -0.488 e. The molecule has 0 aromatic heterocycles. The van der Waals surface area contributed by atoms with Crippen LogP contribution in [0, 0.1) is 5.82 Å². The lowest BCUT2D eigenvalue weighted by atomic mass is 10.2. The highest BCUT2D eigenvalue weighted by Gasteiger charge is 2.19. The number of nitrogens with one attached hydrogen (secondary N) is 1. The van der Waals surface area contributed by atoms with E-state index in [4.69, 9.17) is 14.6 Å². The Labute approximate surface area is 142 Å². The van der Waals surface area contributed by atoms with Gasteiger partial charge in [0.05, 0.1) is 11.0 Å². The quantitative estimate of drug-likeness (QED) is 0.800. The van der Waals surface area contributed by atoms with Gasteiger partial charge in [-0.1, -0.05) is 0 Å². The van der Waals surface area contributed by atoms with Gasteiger partial charge in [-0.15, -0.1) is 0 Å². The fourth-order valence-electron chi connectivity index (χ4n) is 1.59. The molecule has 1 rings (SSSR count). The van der Waals surface area contributed by atoms with E-state index in [1.54, 1.807) is 27.7 Å². The first-order valence-corrected chi connectivity index (χ1v) is 7.64. The molecule has 1 aromatic rings. The van der Waals surface area contributed by atoms with Gasteiger partial charge < -0.3 is 19.9 Å². The molecule has 0 heterocycles. The summed E-state index contributed by atoms with van der Waals surface area (Å²) in [6.45, 7) is 6.95. The fraction of sp³-hybridized carbons (Fsp3) is 0.467. The van der Waals surface area contributed by atoms with Crippen LogP contribution in [0.25, 0.3) is 0 Å². The molecule has 0 radical (unpaired) electrons. The van der Waals surface area contributed by atoms with Crippen LogP contribution in [0.2, 0.25) is 0 Å². The monoisotopic (exact) mass is 391 g/mol. The van der Waals surface area contributed by atoms with E-state index in [0.29, 0.717) is 0 Å². The number of hydrogen-bond donors (Lipinski definition) is 2. The van der Waals surface area contributed by atoms with Gasteiger partial charge >= 0.3 is 12.1 Å². The van der Waals surface area contributed by atoms with Gasteiger partial charge in [-0.2, -0.15) is 0 Å². The van der Waals surface area contributed by atoms with Gasteiger partial charge in [0.1, 0.15) is 28.8 Å². The van der Waals surface area contributed by atoms with Crippen molar-refractivity contribution in [3.05, 3.63) is 28.0 Å². The molecule has 6 nitrogen and oxygen atoms in total. The second kappa shape index (κ2) is 7.63. The predicted octanol–water partition coefficient (Wildman–Crippen LogP) is 3.58. The van der Waals surface area contributed by atoms with Crippen LogP contribution in [-0.4, -0.2) is 35.4 Å². The SMILES string of the molecule is CC(CNC(=O)OC(C)(C)C)Oc1cc(Br)c(F)cc1C(=O)O. The van der Waals surface area contributed by atoms with E-state index in [0.717, 1.165) is 6.07 Å². The van der Waals surface area contributed by atoms with E-state index in [1.165, 1.54) is 6.07 Å². The van der Waals surface area contributed by atoms with Gasteiger partial charge in [0.15, 0.2) is 0 Å². The molecule has 0 saturated carbocycles. The average molecular weight is 392 g/mol. The van der Waals surface area contributed by atoms with Crippen LogP contribution in [0.3, 0.4) is 0 Å². The molecule has 23 heavy (non-hydrogen) atoms. The van der Waals surface area contributed by atoms with Crippen LogP contribution in [0.15, 0.2) is 16.6 Å².